The van der Waals surface area contributed by atoms with Crippen molar-refractivity contribution in [3.8, 4) is 0 Å². The van der Waals surface area contributed by atoms with Gasteiger partial charge in [-0.1, -0.05) is 20.3 Å². The number of hydrogen-bond acceptors (Lipinski definition) is 1. The molecule has 0 radical (unpaired) electrons. The average molecular weight is 194 g/mol. The minimum absolute atomic E-state index is 0.00460. The molecule has 1 heterocycles. The number of H-pyrrole nitrogens is 2. The minimum atomic E-state index is -0.00460. The van der Waals surface area contributed by atoms with Crippen molar-refractivity contribution in [2.75, 3.05) is 0 Å². The van der Waals surface area contributed by atoms with Crippen LogP contribution < -0.4 is 5.56 Å². The number of nitrogens with one attached hydrogen (secondary N) is 2. The van der Waals surface area contributed by atoms with Crippen LogP contribution in [0.25, 0.3) is 0 Å². The fraction of sp³-hybridized carbons (Fsp3) is 0.727. The summed E-state index contributed by atoms with van der Waals surface area (Å²) in [6, 6.07) is 1.72. The highest BCUT2D eigenvalue weighted by molar-refractivity contribution is 5.18. The summed E-state index contributed by atoms with van der Waals surface area (Å²) in [4.78, 5) is 11.1. The van der Waals surface area contributed by atoms with E-state index < -0.39 is 0 Å². The maximum absolute atomic E-state index is 11.1. The molecule has 0 amide bonds. The lowest BCUT2D eigenvalue weighted by molar-refractivity contribution is 0.193. The van der Waals surface area contributed by atoms with Gasteiger partial charge in [0.2, 0.25) is 0 Å². The van der Waals surface area contributed by atoms with Crippen LogP contribution >= 0.6 is 0 Å². The summed E-state index contributed by atoms with van der Waals surface area (Å²) in [5, 5.41) is 5.65. The molecule has 0 spiro atoms. The number of rotatable bonds is 3. The Kier molecular flexibility index (Phi) is 2.25. The number of hydrogen-bond donors (Lipinski definition) is 2. The Labute approximate surface area is 83.9 Å². The van der Waals surface area contributed by atoms with Crippen LogP contribution in [0.15, 0.2) is 10.9 Å². The first-order valence-electron chi connectivity index (χ1n) is 5.41. The van der Waals surface area contributed by atoms with E-state index >= 15 is 0 Å². The third-order valence-corrected chi connectivity index (χ3v) is 3.28. The van der Waals surface area contributed by atoms with Crippen molar-refractivity contribution >= 4 is 0 Å². The van der Waals surface area contributed by atoms with E-state index in [1.54, 1.807) is 6.07 Å². The first-order chi connectivity index (χ1) is 6.62. The van der Waals surface area contributed by atoms with Gasteiger partial charge in [0.15, 0.2) is 0 Å². The molecule has 3 heteroatoms. The van der Waals surface area contributed by atoms with E-state index in [1.807, 2.05) is 0 Å². The van der Waals surface area contributed by atoms with Gasteiger partial charge < -0.3 is 5.10 Å². The van der Waals surface area contributed by atoms with Gasteiger partial charge >= 0.3 is 0 Å². The van der Waals surface area contributed by atoms with Crippen LogP contribution in [0, 0.1) is 5.92 Å². The zero-order valence-electron chi connectivity index (χ0n) is 8.89. The van der Waals surface area contributed by atoms with Crippen molar-refractivity contribution in [1.82, 2.24) is 10.2 Å². The Morgan fingerprint density at radius 1 is 1.43 bits per heavy atom. The number of aromatic nitrogens is 2. The van der Waals surface area contributed by atoms with Crippen LogP contribution in [0.5, 0.6) is 0 Å². The first kappa shape index (κ1) is 9.56. The van der Waals surface area contributed by atoms with Crippen molar-refractivity contribution in [2.45, 2.75) is 44.9 Å². The molecule has 0 atom stereocenters. The molecule has 78 valence electrons. The molecule has 0 aromatic carbocycles. The summed E-state index contributed by atoms with van der Waals surface area (Å²) in [7, 11) is 0. The molecule has 14 heavy (non-hydrogen) atoms. The maximum Gasteiger partial charge on any atom is 0.264 e. The fourth-order valence-corrected chi connectivity index (χ4v) is 2.59. The molecule has 1 aromatic heterocycles. The highest BCUT2D eigenvalue weighted by Gasteiger charge is 2.40. The van der Waals surface area contributed by atoms with Gasteiger partial charge in [-0.25, -0.2) is 0 Å². The number of aromatic amines is 2. The van der Waals surface area contributed by atoms with E-state index in [-0.39, 0.29) is 11.0 Å². The Hall–Kier alpha value is -0.990. The predicted molar refractivity (Wildman–Crippen MR) is 56.4 cm³/mol. The highest BCUT2D eigenvalue weighted by Crippen LogP contribution is 2.46. The second-order valence-corrected chi connectivity index (χ2v) is 4.90. The molecule has 0 bridgehead atoms. The third-order valence-electron chi connectivity index (χ3n) is 3.28. The van der Waals surface area contributed by atoms with E-state index in [4.69, 9.17) is 0 Å². The van der Waals surface area contributed by atoms with Crippen molar-refractivity contribution in [1.29, 1.82) is 0 Å². The summed E-state index contributed by atoms with van der Waals surface area (Å²) in [5.74, 6) is 0.689. The van der Waals surface area contributed by atoms with E-state index in [1.165, 1.54) is 25.7 Å². The van der Waals surface area contributed by atoms with Gasteiger partial charge in [-0.15, -0.1) is 0 Å². The van der Waals surface area contributed by atoms with Crippen LogP contribution in [0.2, 0.25) is 0 Å². The van der Waals surface area contributed by atoms with Gasteiger partial charge in [0.25, 0.3) is 5.56 Å². The monoisotopic (exact) mass is 194 g/mol. The lowest BCUT2D eigenvalue weighted by Crippen LogP contribution is -2.36. The minimum Gasteiger partial charge on any atom is -0.302 e. The molecule has 3 nitrogen and oxygen atoms in total. The quantitative estimate of drug-likeness (QED) is 0.761. The third kappa shape index (κ3) is 1.51. The topological polar surface area (TPSA) is 48.6 Å². The summed E-state index contributed by atoms with van der Waals surface area (Å²) in [6.45, 7) is 4.48. The van der Waals surface area contributed by atoms with Crippen molar-refractivity contribution in [3.63, 3.8) is 0 Å². The molecular weight excluding hydrogens is 176 g/mol. The lowest BCUT2D eigenvalue weighted by atomic mass is 9.63. The summed E-state index contributed by atoms with van der Waals surface area (Å²) >= 11 is 0. The normalized spacial score (nSPS) is 19.6. The summed E-state index contributed by atoms with van der Waals surface area (Å²) in [5.41, 5.74) is 1.38. The highest BCUT2D eigenvalue weighted by atomic mass is 16.1. The molecular formula is C11H18N2O. The molecule has 2 N–H and O–H groups in total. The second-order valence-electron chi connectivity index (χ2n) is 4.90. The zero-order valence-corrected chi connectivity index (χ0v) is 8.89. The summed E-state index contributed by atoms with van der Waals surface area (Å²) < 4.78 is 0. The lowest BCUT2D eigenvalue weighted by Gasteiger charge is -2.42. The molecule has 2 rings (SSSR count). The predicted octanol–water partition coefficient (Wildman–Crippen LogP) is 2.17. The molecule has 1 fully saturated rings. The van der Waals surface area contributed by atoms with Gasteiger partial charge in [0.05, 0.1) is 0 Å². The molecule has 0 aliphatic heterocycles. The Bertz CT molecular complexity index is 357. The Morgan fingerprint density at radius 3 is 2.50 bits per heavy atom. The molecule has 1 saturated carbocycles. The Balaban J connectivity index is 2.24. The van der Waals surface area contributed by atoms with Gasteiger partial charge in [-0.05, 0) is 25.2 Å². The molecule has 1 aromatic rings. The molecule has 1 aliphatic carbocycles. The largest absolute Gasteiger partial charge is 0.302 e. The van der Waals surface area contributed by atoms with Gasteiger partial charge in [-0.2, -0.15) is 0 Å². The van der Waals surface area contributed by atoms with Crippen LogP contribution in [0.4, 0.5) is 0 Å². The van der Waals surface area contributed by atoms with E-state index in [0.29, 0.717) is 5.92 Å². The van der Waals surface area contributed by atoms with Crippen molar-refractivity contribution < 1.29 is 0 Å². The smallest absolute Gasteiger partial charge is 0.264 e. The SMILES string of the molecule is CC(C)CC1(c2cc(=O)[nH][nH]2)CCC1. The van der Waals surface area contributed by atoms with Gasteiger partial charge in [0.1, 0.15) is 0 Å². The van der Waals surface area contributed by atoms with Gasteiger partial charge in [-0.3, -0.25) is 9.89 Å². The fourth-order valence-electron chi connectivity index (χ4n) is 2.59. The Morgan fingerprint density at radius 2 is 2.14 bits per heavy atom. The van der Waals surface area contributed by atoms with Crippen molar-refractivity contribution in [3.05, 3.63) is 22.1 Å². The van der Waals surface area contributed by atoms with Crippen LogP contribution in [-0.2, 0) is 5.41 Å². The van der Waals surface area contributed by atoms with Crippen LogP contribution in [-0.4, -0.2) is 10.2 Å². The maximum atomic E-state index is 11.1. The standard InChI is InChI=1S/C11H18N2O/c1-8(2)7-11(4-3-5-11)9-6-10(14)13-12-9/h6,8H,3-5,7H2,1-2H3,(H2,12,13,14). The van der Waals surface area contributed by atoms with Crippen LogP contribution in [0.1, 0.15) is 45.2 Å². The van der Waals surface area contributed by atoms with Crippen LogP contribution in [0.3, 0.4) is 0 Å². The second kappa shape index (κ2) is 3.30. The summed E-state index contributed by atoms with van der Waals surface area (Å²) in [6.07, 6.45) is 4.92. The van der Waals surface area contributed by atoms with Gasteiger partial charge in [0, 0.05) is 17.2 Å². The average Bonchev–Trinajstić information content (AvgIpc) is 2.44. The van der Waals surface area contributed by atoms with E-state index in [0.717, 1.165) is 5.69 Å². The molecule has 1 aliphatic rings. The van der Waals surface area contributed by atoms with E-state index in [9.17, 15) is 4.79 Å². The molecule has 0 unspecified atom stereocenters. The zero-order chi connectivity index (χ0) is 10.2. The van der Waals surface area contributed by atoms with E-state index in [2.05, 4.69) is 24.0 Å². The van der Waals surface area contributed by atoms with Crippen molar-refractivity contribution in [2.24, 2.45) is 5.92 Å². The first-order valence-corrected chi connectivity index (χ1v) is 5.41. The molecule has 0 saturated heterocycles.